The maximum absolute atomic E-state index is 12.6. The molecule has 0 saturated carbocycles. The number of aryl methyl sites for hydroxylation is 3. The van der Waals surface area contributed by atoms with Gasteiger partial charge in [0.05, 0.1) is 17.1 Å². The van der Waals surface area contributed by atoms with Gasteiger partial charge < -0.3 is 14.7 Å². The highest BCUT2D eigenvalue weighted by Crippen LogP contribution is 2.35. The van der Waals surface area contributed by atoms with E-state index >= 15 is 0 Å². The number of likely N-dealkylation sites (tertiary alicyclic amines) is 1. The van der Waals surface area contributed by atoms with Crippen LogP contribution in [0.25, 0.3) is 0 Å². The van der Waals surface area contributed by atoms with Gasteiger partial charge in [-0.2, -0.15) is 0 Å². The van der Waals surface area contributed by atoms with Crippen LogP contribution in [0.5, 0.6) is 0 Å². The van der Waals surface area contributed by atoms with Crippen molar-refractivity contribution in [2.24, 2.45) is 5.16 Å². The molecule has 4 heterocycles. The maximum Gasteiger partial charge on any atom is 0.273 e. The van der Waals surface area contributed by atoms with E-state index in [-0.39, 0.29) is 5.91 Å². The number of aromatic nitrogens is 2. The van der Waals surface area contributed by atoms with Gasteiger partial charge in [-0.15, -0.1) is 0 Å². The molecule has 1 amide bonds. The summed E-state index contributed by atoms with van der Waals surface area (Å²) in [5, 5.41) is 11.0. The quantitative estimate of drug-likeness (QED) is 0.889. The van der Waals surface area contributed by atoms with Gasteiger partial charge in [0, 0.05) is 44.2 Å². The van der Waals surface area contributed by atoms with E-state index in [1.807, 2.05) is 26.8 Å². The van der Waals surface area contributed by atoms with Gasteiger partial charge in [0.2, 0.25) is 0 Å². The Morgan fingerprint density at radius 1 is 1.33 bits per heavy atom. The topological polar surface area (TPSA) is 92.8 Å². The second kappa shape index (κ2) is 6.77. The Kier molecular flexibility index (Phi) is 4.43. The molecule has 4 rings (SSSR count). The second-order valence-corrected chi connectivity index (χ2v) is 7.34. The van der Waals surface area contributed by atoms with E-state index in [1.165, 1.54) is 0 Å². The van der Waals surface area contributed by atoms with Crippen molar-refractivity contribution in [3.63, 3.8) is 0 Å². The third-order valence-corrected chi connectivity index (χ3v) is 5.31. The van der Waals surface area contributed by atoms with Gasteiger partial charge in [-0.3, -0.25) is 14.7 Å². The van der Waals surface area contributed by atoms with Crippen LogP contribution in [0.2, 0.25) is 0 Å². The van der Waals surface area contributed by atoms with E-state index in [0.29, 0.717) is 17.8 Å². The van der Waals surface area contributed by atoms with Gasteiger partial charge in [0.15, 0.2) is 5.60 Å². The van der Waals surface area contributed by atoms with Gasteiger partial charge in [-0.05, 0) is 32.9 Å². The average Bonchev–Trinajstić information content (AvgIpc) is 3.34. The Morgan fingerprint density at radius 2 is 2.19 bits per heavy atom. The zero-order valence-corrected chi connectivity index (χ0v) is 15.8. The van der Waals surface area contributed by atoms with Crippen molar-refractivity contribution in [3.8, 4) is 0 Å². The summed E-state index contributed by atoms with van der Waals surface area (Å²) < 4.78 is 5.25. The first kappa shape index (κ1) is 17.7. The fourth-order valence-corrected chi connectivity index (χ4v) is 3.69. The lowest BCUT2D eigenvalue weighted by atomic mass is 9.96. The molecule has 0 aromatic carbocycles. The zero-order valence-electron chi connectivity index (χ0n) is 15.8. The molecule has 8 nitrogen and oxygen atoms in total. The Bertz CT molecular complexity index is 887. The fraction of sp³-hybridized carbons (Fsp3) is 0.474. The van der Waals surface area contributed by atoms with E-state index in [4.69, 9.17) is 9.36 Å². The number of nitrogens with zero attached hydrogens (tertiary/aromatic N) is 4. The Labute approximate surface area is 157 Å². The minimum Gasteiger partial charge on any atom is -0.387 e. The van der Waals surface area contributed by atoms with Gasteiger partial charge in [0.1, 0.15) is 11.5 Å². The molecule has 1 spiro atoms. The first-order valence-electron chi connectivity index (χ1n) is 9.08. The largest absolute Gasteiger partial charge is 0.387 e. The number of oxime groups is 1. The predicted octanol–water partition coefficient (Wildman–Crippen LogP) is 2.35. The summed E-state index contributed by atoms with van der Waals surface area (Å²) >= 11 is 0. The summed E-state index contributed by atoms with van der Waals surface area (Å²) in [6.07, 6.45) is 3.04. The molecule has 1 N–H and O–H groups in total. The van der Waals surface area contributed by atoms with Crippen LogP contribution in [-0.2, 0) is 16.2 Å². The average molecular weight is 369 g/mol. The second-order valence-electron chi connectivity index (χ2n) is 7.34. The monoisotopic (exact) mass is 369 g/mol. The molecule has 2 aromatic heterocycles. The van der Waals surface area contributed by atoms with Crippen molar-refractivity contribution in [3.05, 3.63) is 41.0 Å². The molecule has 1 atom stereocenters. The first-order valence-corrected chi connectivity index (χ1v) is 9.08. The molecule has 1 unspecified atom stereocenters. The summed E-state index contributed by atoms with van der Waals surface area (Å²) in [6, 6.07) is 3.62. The van der Waals surface area contributed by atoms with E-state index in [2.05, 4.69) is 25.5 Å². The Morgan fingerprint density at radius 3 is 2.93 bits per heavy atom. The van der Waals surface area contributed by atoms with Crippen molar-refractivity contribution >= 4 is 17.3 Å². The van der Waals surface area contributed by atoms with E-state index in [1.54, 1.807) is 12.3 Å². The number of hydrogen-bond acceptors (Lipinski definition) is 7. The Hall–Kier alpha value is -2.74. The lowest BCUT2D eigenvalue weighted by Gasteiger charge is -2.21. The Balaban J connectivity index is 1.37. The first-order chi connectivity index (χ1) is 13.0. The predicted molar refractivity (Wildman–Crippen MR) is 99.3 cm³/mol. The van der Waals surface area contributed by atoms with Crippen LogP contribution in [-0.4, -0.2) is 45.3 Å². The minimum absolute atomic E-state index is 0.229. The van der Waals surface area contributed by atoms with Crippen molar-refractivity contribution < 1.29 is 14.2 Å². The van der Waals surface area contributed by atoms with Crippen molar-refractivity contribution in [2.45, 2.75) is 45.8 Å². The molecule has 8 heteroatoms. The third-order valence-electron chi connectivity index (χ3n) is 5.31. The lowest BCUT2D eigenvalue weighted by Crippen LogP contribution is -2.35. The van der Waals surface area contributed by atoms with Crippen LogP contribution in [0.15, 0.2) is 28.0 Å². The van der Waals surface area contributed by atoms with Gasteiger partial charge in [0.25, 0.3) is 5.91 Å². The molecule has 1 fully saturated rings. The summed E-state index contributed by atoms with van der Waals surface area (Å²) in [6.45, 7) is 8.12. The van der Waals surface area contributed by atoms with Crippen LogP contribution < -0.4 is 5.32 Å². The van der Waals surface area contributed by atoms with Crippen molar-refractivity contribution in [2.75, 3.05) is 18.4 Å². The normalized spacial score (nSPS) is 22.1. The van der Waals surface area contributed by atoms with Crippen LogP contribution in [0.1, 0.15) is 35.6 Å². The van der Waals surface area contributed by atoms with Crippen LogP contribution >= 0.6 is 0 Å². The molecule has 142 valence electrons. The van der Waals surface area contributed by atoms with Crippen molar-refractivity contribution in [1.82, 2.24) is 15.0 Å². The molecule has 2 aromatic rings. The van der Waals surface area contributed by atoms with Gasteiger partial charge >= 0.3 is 0 Å². The molecule has 0 bridgehead atoms. The number of amides is 1. The van der Waals surface area contributed by atoms with Crippen LogP contribution in [0.3, 0.4) is 0 Å². The highest BCUT2D eigenvalue weighted by molar-refractivity contribution is 6.43. The number of hydrogen-bond donors (Lipinski definition) is 1. The number of carbonyl (C=O) groups is 1. The highest BCUT2D eigenvalue weighted by Gasteiger charge is 2.46. The number of nitrogens with one attached hydrogen (secondary N) is 1. The number of anilines is 1. The zero-order chi connectivity index (χ0) is 19.0. The smallest absolute Gasteiger partial charge is 0.273 e. The number of carbonyl (C=O) groups excluding carboxylic acids is 1. The lowest BCUT2D eigenvalue weighted by molar-refractivity contribution is -0.110. The number of rotatable bonds is 4. The standard InChI is InChI=1S/C19H23N5O3/c1-12-15(14(3)26-22-12)10-24-8-6-19(11-24)9-17(23-27-19)18(25)21-16-5-4-7-20-13(16)2/h4-5,7H,6,8-11H2,1-3H3,(H,21,25). The van der Waals surface area contributed by atoms with Crippen molar-refractivity contribution in [1.29, 1.82) is 0 Å². The molecule has 1 saturated heterocycles. The third kappa shape index (κ3) is 3.44. The maximum atomic E-state index is 12.6. The SMILES string of the molecule is Cc1ncccc1NC(=O)C1=NOC2(CCN(Cc3c(C)noc3C)C2)C1. The fourth-order valence-electron chi connectivity index (χ4n) is 3.69. The summed E-state index contributed by atoms with van der Waals surface area (Å²) in [5.74, 6) is 0.621. The molecular weight excluding hydrogens is 346 g/mol. The van der Waals surface area contributed by atoms with E-state index in [0.717, 1.165) is 48.8 Å². The van der Waals surface area contributed by atoms with Gasteiger partial charge in [-0.25, -0.2) is 0 Å². The molecule has 2 aliphatic heterocycles. The summed E-state index contributed by atoms with van der Waals surface area (Å²) in [7, 11) is 0. The molecule has 0 aliphatic carbocycles. The van der Waals surface area contributed by atoms with E-state index < -0.39 is 5.60 Å². The summed E-state index contributed by atoms with van der Waals surface area (Å²) in [5.41, 5.74) is 3.51. The number of pyridine rings is 1. The molecule has 27 heavy (non-hydrogen) atoms. The molecular formula is C19H23N5O3. The van der Waals surface area contributed by atoms with E-state index in [9.17, 15) is 4.79 Å². The van der Waals surface area contributed by atoms with Crippen LogP contribution in [0.4, 0.5) is 5.69 Å². The van der Waals surface area contributed by atoms with Crippen LogP contribution in [0, 0.1) is 20.8 Å². The minimum atomic E-state index is -0.421. The van der Waals surface area contributed by atoms with Gasteiger partial charge in [-0.1, -0.05) is 10.3 Å². The highest BCUT2D eigenvalue weighted by atomic mass is 16.7. The molecule has 2 aliphatic rings. The summed E-state index contributed by atoms with van der Waals surface area (Å²) in [4.78, 5) is 24.8. The molecule has 0 radical (unpaired) electrons.